The molecular formula is C20H24N2O2. The Bertz CT molecular complexity index is 774. The summed E-state index contributed by atoms with van der Waals surface area (Å²) in [5.41, 5.74) is 2.96. The first-order chi connectivity index (χ1) is 11.4. The standard InChI is InChI=1S/C20H24N2O2/c1-13-12-17(13)19-9-6-16(24-19)7-10-20(23)21-18-8-5-15(22(3)4)11-14(18)2/h5-11,13,17H,12H2,1-4H3,(H,21,23)/b10-7-/t13-,17+/m0/s1. The SMILES string of the molecule is Cc1cc(N(C)C)ccc1NC(=O)/C=C\c1ccc([C@@H]2C[C@@H]2C)o1. The van der Waals surface area contributed by atoms with E-state index in [9.17, 15) is 4.79 Å². The summed E-state index contributed by atoms with van der Waals surface area (Å²) >= 11 is 0. The highest BCUT2D eigenvalue weighted by Gasteiger charge is 2.36. The van der Waals surface area contributed by atoms with Gasteiger partial charge in [-0.15, -0.1) is 0 Å². The number of rotatable bonds is 5. The number of amides is 1. The molecule has 0 unspecified atom stereocenters. The van der Waals surface area contributed by atoms with Crippen LogP contribution in [0, 0.1) is 12.8 Å². The Balaban J connectivity index is 1.62. The number of hydrogen-bond donors (Lipinski definition) is 1. The molecule has 126 valence electrons. The van der Waals surface area contributed by atoms with Gasteiger partial charge in [0, 0.05) is 37.5 Å². The van der Waals surface area contributed by atoms with Crippen molar-refractivity contribution in [3.8, 4) is 0 Å². The molecule has 4 heteroatoms. The van der Waals surface area contributed by atoms with E-state index in [-0.39, 0.29) is 5.91 Å². The number of nitrogens with one attached hydrogen (secondary N) is 1. The van der Waals surface area contributed by atoms with Crippen LogP contribution in [0.3, 0.4) is 0 Å². The van der Waals surface area contributed by atoms with Crippen molar-refractivity contribution in [2.75, 3.05) is 24.3 Å². The molecule has 1 aromatic heterocycles. The molecule has 1 N–H and O–H groups in total. The van der Waals surface area contributed by atoms with Gasteiger partial charge in [-0.05, 0) is 61.2 Å². The first-order valence-electron chi connectivity index (χ1n) is 8.31. The van der Waals surface area contributed by atoms with Crippen molar-refractivity contribution in [2.45, 2.75) is 26.2 Å². The number of benzene rings is 1. The van der Waals surface area contributed by atoms with Crippen LogP contribution >= 0.6 is 0 Å². The van der Waals surface area contributed by atoms with Gasteiger partial charge >= 0.3 is 0 Å². The van der Waals surface area contributed by atoms with Crippen LogP contribution in [0.25, 0.3) is 6.08 Å². The zero-order chi connectivity index (χ0) is 17.3. The Kier molecular flexibility index (Phi) is 4.47. The monoisotopic (exact) mass is 324 g/mol. The number of carbonyl (C=O) groups excluding carboxylic acids is 1. The van der Waals surface area contributed by atoms with Gasteiger partial charge in [0.25, 0.3) is 0 Å². The van der Waals surface area contributed by atoms with E-state index in [4.69, 9.17) is 4.42 Å². The second-order valence-corrected chi connectivity index (χ2v) is 6.78. The van der Waals surface area contributed by atoms with Crippen molar-refractivity contribution in [1.29, 1.82) is 0 Å². The Morgan fingerprint density at radius 1 is 1.29 bits per heavy atom. The summed E-state index contributed by atoms with van der Waals surface area (Å²) < 4.78 is 5.77. The highest BCUT2D eigenvalue weighted by molar-refractivity contribution is 6.02. The summed E-state index contributed by atoms with van der Waals surface area (Å²) in [5.74, 6) is 2.85. The minimum Gasteiger partial charge on any atom is -0.461 e. The Morgan fingerprint density at radius 3 is 2.67 bits per heavy atom. The topological polar surface area (TPSA) is 45.5 Å². The minimum absolute atomic E-state index is 0.159. The fraction of sp³-hybridized carbons (Fsp3) is 0.350. The lowest BCUT2D eigenvalue weighted by atomic mass is 10.1. The first-order valence-corrected chi connectivity index (χ1v) is 8.31. The molecule has 4 nitrogen and oxygen atoms in total. The third kappa shape index (κ3) is 3.70. The molecule has 2 aromatic rings. The number of anilines is 2. The Labute approximate surface area is 143 Å². The van der Waals surface area contributed by atoms with E-state index in [1.54, 1.807) is 6.08 Å². The number of carbonyl (C=O) groups is 1. The summed E-state index contributed by atoms with van der Waals surface area (Å²) in [6, 6.07) is 9.89. The molecular weight excluding hydrogens is 300 g/mol. The molecule has 0 spiro atoms. The summed E-state index contributed by atoms with van der Waals surface area (Å²) in [6.07, 6.45) is 4.42. The highest BCUT2D eigenvalue weighted by atomic mass is 16.3. The quantitative estimate of drug-likeness (QED) is 0.828. The fourth-order valence-corrected chi connectivity index (χ4v) is 2.77. The van der Waals surface area contributed by atoms with Gasteiger partial charge in [-0.1, -0.05) is 6.92 Å². The van der Waals surface area contributed by atoms with Crippen LogP contribution in [0.2, 0.25) is 0 Å². The van der Waals surface area contributed by atoms with Crippen LogP contribution in [0.4, 0.5) is 11.4 Å². The molecule has 0 radical (unpaired) electrons. The maximum atomic E-state index is 12.1. The molecule has 0 saturated heterocycles. The van der Waals surface area contributed by atoms with Gasteiger partial charge in [-0.25, -0.2) is 0 Å². The van der Waals surface area contributed by atoms with E-state index < -0.39 is 0 Å². The second kappa shape index (κ2) is 6.56. The molecule has 0 aliphatic heterocycles. The third-order valence-electron chi connectivity index (χ3n) is 4.51. The second-order valence-electron chi connectivity index (χ2n) is 6.78. The molecule has 1 aliphatic carbocycles. The summed E-state index contributed by atoms with van der Waals surface area (Å²) in [7, 11) is 3.99. The van der Waals surface area contributed by atoms with Gasteiger partial charge in [-0.2, -0.15) is 0 Å². The predicted octanol–water partition coefficient (Wildman–Crippen LogP) is 4.43. The number of hydrogen-bond acceptors (Lipinski definition) is 3. The van der Waals surface area contributed by atoms with Crippen LogP contribution in [-0.4, -0.2) is 20.0 Å². The zero-order valence-electron chi connectivity index (χ0n) is 14.7. The maximum Gasteiger partial charge on any atom is 0.248 e. The van der Waals surface area contributed by atoms with E-state index in [0.717, 1.165) is 28.5 Å². The van der Waals surface area contributed by atoms with Crippen molar-refractivity contribution < 1.29 is 9.21 Å². The summed E-state index contributed by atoms with van der Waals surface area (Å²) in [6.45, 7) is 4.21. The van der Waals surface area contributed by atoms with Crippen molar-refractivity contribution in [3.63, 3.8) is 0 Å². The first kappa shape index (κ1) is 16.4. The molecule has 2 atom stereocenters. The largest absolute Gasteiger partial charge is 0.461 e. The number of aryl methyl sites for hydroxylation is 1. The molecule has 0 bridgehead atoms. The molecule has 1 amide bonds. The number of nitrogens with zero attached hydrogens (tertiary/aromatic N) is 1. The van der Waals surface area contributed by atoms with E-state index in [2.05, 4.69) is 18.3 Å². The predicted molar refractivity (Wildman–Crippen MR) is 98.4 cm³/mol. The van der Waals surface area contributed by atoms with Gasteiger partial charge in [0.05, 0.1) is 0 Å². The van der Waals surface area contributed by atoms with Crippen molar-refractivity contribution in [2.24, 2.45) is 5.92 Å². The van der Waals surface area contributed by atoms with E-state index in [1.807, 2.05) is 50.2 Å². The van der Waals surface area contributed by atoms with Crippen molar-refractivity contribution >= 4 is 23.4 Å². The molecule has 1 heterocycles. The summed E-state index contributed by atoms with van der Waals surface area (Å²) in [5, 5.41) is 2.91. The minimum atomic E-state index is -0.159. The van der Waals surface area contributed by atoms with Crippen LogP contribution in [0.15, 0.2) is 40.8 Å². The molecule has 1 aliphatic rings. The van der Waals surface area contributed by atoms with Gasteiger partial charge in [0.15, 0.2) is 0 Å². The van der Waals surface area contributed by atoms with Crippen LogP contribution in [-0.2, 0) is 4.79 Å². The average molecular weight is 324 g/mol. The summed E-state index contributed by atoms with van der Waals surface area (Å²) in [4.78, 5) is 14.1. The molecule has 3 rings (SSSR count). The van der Waals surface area contributed by atoms with Crippen LogP contribution < -0.4 is 10.2 Å². The van der Waals surface area contributed by atoms with E-state index in [0.29, 0.717) is 11.8 Å². The maximum absolute atomic E-state index is 12.1. The lowest BCUT2D eigenvalue weighted by molar-refractivity contribution is -0.111. The lowest BCUT2D eigenvalue weighted by Gasteiger charge is -2.15. The molecule has 1 fully saturated rings. The third-order valence-corrected chi connectivity index (χ3v) is 4.51. The average Bonchev–Trinajstić information content (AvgIpc) is 3.08. The smallest absolute Gasteiger partial charge is 0.248 e. The molecule has 24 heavy (non-hydrogen) atoms. The lowest BCUT2D eigenvalue weighted by Crippen LogP contribution is -2.11. The van der Waals surface area contributed by atoms with Gasteiger partial charge in [0.2, 0.25) is 5.91 Å². The molecule has 1 aromatic carbocycles. The van der Waals surface area contributed by atoms with Gasteiger partial charge in [0.1, 0.15) is 11.5 Å². The van der Waals surface area contributed by atoms with Gasteiger partial charge < -0.3 is 14.6 Å². The van der Waals surface area contributed by atoms with Crippen LogP contribution in [0.5, 0.6) is 0 Å². The normalized spacial score (nSPS) is 19.5. The Morgan fingerprint density at radius 2 is 2.04 bits per heavy atom. The highest BCUT2D eigenvalue weighted by Crippen LogP contribution is 2.47. The fourth-order valence-electron chi connectivity index (χ4n) is 2.77. The number of furan rings is 1. The van der Waals surface area contributed by atoms with Crippen LogP contribution in [0.1, 0.15) is 36.3 Å². The van der Waals surface area contributed by atoms with E-state index in [1.165, 1.54) is 12.5 Å². The van der Waals surface area contributed by atoms with E-state index >= 15 is 0 Å². The van der Waals surface area contributed by atoms with Gasteiger partial charge in [-0.3, -0.25) is 4.79 Å². The van der Waals surface area contributed by atoms with Crippen molar-refractivity contribution in [1.82, 2.24) is 0 Å². The zero-order valence-corrected chi connectivity index (χ0v) is 14.7. The molecule has 1 saturated carbocycles. The Hall–Kier alpha value is -2.49. The van der Waals surface area contributed by atoms with Crippen molar-refractivity contribution in [3.05, 3.63) is 53.5 Å².